The average Bonchev–Trinajstić information content (AvgIpc) is 2.36. The summed E-state index contributed by atoms with van der Waals surface area (Å²) in [5.41, 5.74) is 0.419. The quantitative estimate of drug-likeness (QED) is 0.568. The number of benzene rings is 1. The van der Waals surface area contributed by atoms with Gasteiger partial charge in [0.2, 0.25) is 0 Å². The lowest BCUT2D eigenvalue weighted by molar-refractivity contribution is -0.385. The zero-order chi connectivity index (χ0) is 15.1. The lowest BCUT2D eigenvalue weighted by atomic mass is 9.94. The van der Waals surface area contributed by atoms with Gasteiger partial charge < -0.3 is 10.2 Å². The number of hydrogen-bond donors (Lipinski definition) is 2. The first-order valence-corrected chi connectivity index (χ1v) is 6.57. The molecular weight excluding hydrogens is 286 g/mol. The van der Waals surface area contributed by atoms with Crippen LogP contribution in [0, 0.1) is 16.0 Å². The van der Waals surface area contributed by atoms with Crippen LogP contribution in [-0.4, -0.2) is 27.7 Å². The smallest absolute Gasteiger partial charge is 0.303 e. The van der Waals surface area contributed by atoms with Gasteiger partial charge in [0.25, 0.3) is 5.69 Å². The summed E-state index contributed by atoms with van der Waals surface area (Å²) >= 11 is 5.83. The zero-order valence-corrected chi connectivity index (χ0v) is 11.5. The van der Waals surface area contributed by atoms with Crippen molar-refractivity contribution in [2.75, 3.05) is 6.61 Å². The normalized spacial score (nSPS) is 12.1. The summed E-state index contributed by atoms with van der Waals surface area (Å²) in [4.78, 5) is 20.9. The van der Waals surface area contributed by atoms with E-state index in [0.717, 1.165) is 0 Å². The highest BCUT2D eigenvalue weighted by atomic mass is 35.5. The van der Waals surface area contributed by atoms with Gasteiger partial charge in [-0.05, 0) is 37.3 Å². The van der Waals surface area contributed by atoms with Crippen LogP contribution in [0.4, 0.5) is 5.69 Å². The van der Waals surface area contributed by atoms with E-state index in [9.17, 15) is 20.0 Å². The number of rotatable bonds is 8. The summed E-state index contributed by atoms with van der Waals surface area (Å²) in [7, 11) is 0. The van der Waals surface area contributed by atoms with E-state index < -0.39 is 10.9 Å². The van der Waals surface area contributed by atoms with Crippen molar-refractivity contribution in [3.8, 4) is 0 Å². The molecule has 1 aromatic carbocycles. The van der Waals surface area contributed by atoms with Crippen molar-refractivity contribution in [2.24, 2.45) is 5.92 Å². The summed E-state index contributed by atoms with van der Waals surface area (Å²) < 4.78 is 0. The Morgan fingerprint density at radius 2 is 2.15 bits per heavy atom. The van der Waals surface area contributed by atoms with E-state index in [4.69, 9.17) is 16.7 Å². The highest BCUT2D eigenvalue weighted by Gasteiger charge is 2.18. The van der Waals surface area contributed by atoms with Gasteiger partial charge in [0.05, 0.1) is 4.92 Å². The third kappa shape index (κ3) is 5.14. The highest BCUT2D eigenvalue weighted by Crippen LogP contribution is 2.26. The molecule has 0 saturated carbocycles. The van der Waals surface area contributed by atoms with Gasteiger partial charge in [-0.15, -0.1) is 0 Å². The topological polar surface area (TPSA) is 101 Å². The maximum atomic E-state index is 10.9. The lowest BCUT2D eigenvalue weighted by Crippen LogP contribution is -2.12. The largest absolute Gasteiger partial charge is 0.481 e. The van der Waals surface area contributed by atoms with Crippen LogP contribution < -0.4 is 0 Å². The molecule has 0 aliphatic heterocycles. The monoisotopic (exact) mass is 301 g/mol. The molecule has 0 amide bonds. The Morgan fingerprint density at radius 3 is 2.70 bits per heavy atom. The molecule has 6 nitrogen and oxygen atoms in total. The van der Waals surface area contributed by atoms with E-state index in [1.165, 1.54) is 18.2 Å². The summed E-state index contributed by atoms with van der Waals surface area (Å²) in [5, 5.41) is 29.2. The minimum Gasteiger partial charge on any atom is -0.481 e. The zero-order valence-electron chi connectivity index (χ0n) is 10.8. The van der Waals surface area contributed by atoms with Crippen molar-refractivity contribution in [3.63, 3.8) is 0 Å². The van der Waals surface area contributed by atoms with Crippen LogP contribution in [-0.2, 0) is 11.2 Å². The fourth-order valence-electron chi connectivity index (χ4n) is 2.01. The molecule has 2 N–H and O–H groups in total. The molecule has 110 valence electrons. The Morgan fingerprint density at radius 1 is 1.45 bits per heavy atom. The Labute approximate surface area is 121 Å². The SMILES string of the molecule is O=C(O)CCCC(CO)Cc1cc(Cl)ccc1[N+](=O)[O-]. The molecule has 1 aromatic rings. The maximum absolute atomic E-state index is 10.9. The van der Waals surface area contributed by atoms with Gasteiger partial charge in [0, 0.05) is 29.7 Å². The summed E-state index contributed by atoms with van der Waals surface area (Å²) in [6, 6.07) is 4.30. The van der Waals surface area contributed by atoms with E-state index in [-0.39, 0.29) is 24.6 Å². The van der Waals surface area contributed by atoms with Crippen LogP contribution in [0.2, 0.25) is 5.02 Å². The van der Waals surface area contributed by atoms with Crippen molar-refractivity contribution in [2.45, 2.75) is 25.7 Å². The number of nitro benzene ring substituents is 1. The first-order valence-electron chi connectivity index (χ1n) is 6.19. The number of aliphatic hydroxyl groups excluding tert-OH is 1. The highest BCUT2D eigenvalue weighted by molar-refractivity contribution is 6.30. The molecule has 1 unspecified atom stereocenters. The molecule has 7 heteroatoms. The second-order valence-corrected chi connectivity index (χ2v) is 5.01. The van der Waals surface area contributed by atoms with E-state index in [0.29, 0.717) is 29.8 Å². The fraction of sp³-hybridized carbons (Fsp3) is 0.462. The van der Waals surface area contributed by atoms with Crippen LogP contribution in [0.5, 0.6) is 0 Å². The number of carbonyl (C=O) groups is 1. The third-order valence-electron chi connectivity index (χ3n) is 3.01. The molecule has 0 radical (unpaired) electrons. The van der Waals surface area contributed by atoms with Crippen molar-refractivity contribution < 1.29 is 19.9 Å². The molecule has 1 rings (SSSR count). The minimum absolute atomic E-state index is 0.0220. The van der Waals surface area contributed by atoms with Gasteiger partial charge in [-0.2, -0.15) is 0 Å². The van der Waals surface area contributed by atoms with Gasteiger partial charge in [-0.1, -0.05) is 11.6 Å². The van der Waals surface area contributed by atoms with Gasteiger partial charge in [-0.25, -0.2) is 0 Å². The van der Waals surface area contributed by atoms with Crippen LogP contribution in [0.15, 0.2) is 18.2 Å². The lowest BCUT2D eigenvalue weighted by Gasteiger charge is -2.13. The second-order valence-electron chi connectivity index (χ2n) is 4.57. The number of carboxylic acid groups (broad SMARTS) is 1. The van der Waals surface area contributed by atoms with Crippen molar-refractivity contribution in [1.82, 2.24) is 0 Å². The predicted molar refractivity (Wildman–Crippen MR) is 73.9 cm³/mol. The molecule has 0 aliphatic carbocycles. The number of aliphatic hydroxyl groups is 1. The first kappa shape index (κ1) is 16.4. The summed E-state index contributed by atoms with van der Waals surface area (Å²) in [6.07, 6.45) is 1.24. The van der Waals surface area contributed by atoms with E-state index >= 15 is 0 Å². The Balaban J connectivity index is 2.75. The van der Waals surface area contributed by atoms with E-state index in [1.807, 2.05) is 0 Å². The predicted octanol–water partition coefficient (Wildman–Crippen LogP) is 2.65. The molecule has 0 aliphatic rings. The number of carboxylic acids is 1. The summed E-state index contributed by atoms with van der Waals surface area (Å²) in [5.74, 6) is -1.11. The second kappa shape index (κ2) is 7.81. The number of aliphatic carboxylic acids is 1. The number of hydrogen-bond acceptors (Lipinski definition) is 4. The number of nitrogens with zero attached hydrogens (tertiary/aromatic N) is 1. The first-order chi connectivity index (χ1) is 9.43. The number of nitro groups is 1. The standard InChI is InChI=1S/C13H16ClNO5/c14-11-4-5-12(15(19)20)10(7-11)6-9(8-16)2-1-3-13(17)18/h4-5,7,9,16H,1-3,6,8H2,(H,17,18). The maximum Gasteiger partial charge on any atom is 0.303 e. The Bertz CT molecular complexity index is 492. The average molecular weight is 302 g/mol. The molecule has 0 heterocycles. The Hall–Kier alpha value is -1.66. The molecule has 1 atom stereocenters. The van der Waals surface area contributed by atoms with Gasteiger partial charge in [0.1, 0.15) is 0 Å². The van der Waals surface area contributed by atoms with Gasteiger partial charge in [0.15, 0.2) is 0 Å². The molecule has 0 fully saturated rings. The minimum atomic E-state index is -0.893. The Kier molecular flexibility index (Phi) is 6.41. The van der Waals surface area contributed by atoms with Crippen LogP contribution in [0.1, 0.15) is 24.8 Å². The molecule has 0 aromatic heterocycles. The molecule has 0 spiro atoms. The van der Waals surface area contributed by atoms with E-state index in [2.05, 4.69) is 0 Å². The van der Waals surface area contributed by atoms with E-state index in [1.54, 1.807) is 0 Å². The van der Waals surface area contributed by atoms with Crippen LogP contribution in [0.3, 0.4) is 0 Å². The van der Waals surface area contributed by atoms with Crippen LogP contribution >= 0.6 is 11.6 Å². The molecule has 0 saturated heterocycles. The molecule has 0 bridgehead atoms. The molecular formula is C13H16ClNO5. The number of halogens is 1. The van der Waals surface area contributed by atoms with Crippen molar-refractivity contribution in [1.29, 1.82) is 0 Å². The van der Waals surface area contributed by atoms with Crippen molar-refractivity contribution >= 4 is 23.3 Å². The summed E-state index contributed by atoms with van der Waals surface area (Å²) in [6.45, 7) is -0.150. The van der Waals surface area contributed by atoms with Crippen molar-refractivity contribution in [3.05, 3.63) is 38.9 Å². The van der Waals surface area contributed by atoms with Gasteiger partial charge in [-0.3, -0.25) is 14.9 Å². The molecule has 20 heavy (non-hydrogen) atoms. The van der Waals surface area contributed by atoms with Gasteiger partial charge >= 0.3 is 5.97 Å². The third-order valence-corrected chi connectivity index (χ3v) is 3.24. The fourth-order valence-corrected chi connectivity index (χ4v) is 2.20. The van der Waals surface area contributed by atoms with Crippen LogP contribution in [0.25, 0.3) is 0 Å².